The first kappa shape index (κ1) is 9.34. The van der Waals surface area contributed by atoms with E-state index >= 15 is 0 Å². The van der Waals surface area contributed by atoms with Crippen molar-refractivity contribution in [2.24, 2.45) is 0 Å². The van der Waals surface area contributed by atoms with Crippen molar-refractivity contribution < 1.29 is 14.6 Å². The van der Waals surface area contributed by atoms with Crippen molar-refractivity contribution in [1.82, 2.24) is 0 Å². The first-order valence-electron chi connectivity index (χ1n) is 4.72. The number of aliphatic hydroxyl groups is 1. The van der Waals surface area contributed by atoms with Crippen LogP contribution in [0.15, 0.2) is 12.1 Å². The maximum atomic E-state index is 8.96. The second-order valence-electron chi connectivity index (χ2n) is 3.64. The molecule has 3 heteroatoms. The Hall–Kier alpha value is -1.22. The van der Waals surface area contributed by atoms with Crippen LogP contribution in [-0.4, -0.2) is 24.4 Å². The van der Waals surface area contributed by atoms with Gasteiger partial charge < -0.3 is 14.6 Å². The van der Waals surface area contributed by atoms with Gasteiger partial charge in [-0.05, 0) is 31.0 Å². The van der Waals surface area contributed by atoms with E-state index < -0.39 is 0 Å². The minimum atomic E-state index is -0.232. The fourth-order valence-electron chi connectivity index (χ4n) is 1.65. The molecule has 0 saturated heterocycles. The molecule has 0 amide bonds. The quantitative estimate of drug-likeness (QED) is 0.735. The summed E-state index contributed by atoms with van der Waals surface area (Å²) in [5.74, 6) is 1.55. The highest BCUT2D eigenvalue weighted by atomic mass is 16.6. The number of hydrogen-bond acceptors (Lipinski definition) is 3. The smallest absolute Gasteiger partial charge is 0.164 e. The molecule has 1 aromatic rings. The maximum absolute atomic E-state index is 8.96. The van der Waals surface area contributed by atoms with Gasteiger partial charge in [0.2, 0.25) is 0 Å². The highest BCUT2D eigenvalue weighted by molar-refractivity contribution is 5.49. The molecule has 76 valence electrons. The maximum Gasteiger partial charge on any atom is 0.164 e. The van der Waals surface area contributed by atoms with Gasteiger partial charge in [0.05, 0.1) is 6.61 Å². The molecular formula is C11H14O3. The van der Waals surface area contributed by atoms with Gasteiger partial charge in [-0.25, -0.2) is 0 Å². The van der Waals surface area contributed by atoms with Gasteiger partial charge in [0.15, 0.2) is 17.6 Å². The summed E-state index contributed by atoms with van der Waals surface area (Å²) in [6, 6.07) is 4.00. The first-order chi connectivity index (χ1) is 6.70. The van der Waals surface area contributed by atoms with Crippen LogP contribution in [0.2, 0.25) is 0 Å². The minimum Gasteiger partial charge on any atom is -0.486 e. The lowest BCUT2D eigenvalue weighted by atomic mass is 10.1. The number of fused-ring (bicyclic) bond motifs is 1. The third kappa shape index (κ3) is 1.55. The number of hydrogen-bond donors (Lipinski definition) is 1. The van der Waals surface area contributed by atoms with Crippen molar-refractivity contribution in [1.29, 1.82) is 0 Å². The van der Waals surface area contributed by atoms with Crippen molar-refractivity contribution in [2.45, 2.75) is 20.0 Å². The molecule has 1 aromatic carbocycles. The van der Waals surface area contributed by atoms with Crippen molar-refractivity contribution in [3.8, 4) is 11.5 Å². The Bertz CT molecular complexity index is 347. The fraction of sp³-hybridized carbons (Fsp3) is 0.455. The third-order valence-corrected chi connectivity index (χ3v) is 2.30. The summed E-state index contributed by atoms with van der Waals surface area (Å²) in [7, 11) is 0. The molecule has 1 heterocycles. The van der Waals surface area contributed by atoms with E-state index in [9.17, 15) is 0 Å². The SMILES string of the molecule is Cc1cc(C)c2c(c1)OCC(CO)O2. The number of aliphatic hydroxyl groups excluding tert-OH is 1. The predicted molar refractivity (Wildman–Crippen MR) is 52.9 cm³/mol. The zero-order valence-electron chi connectivity index (χ0n) is 8.41. The van der Waals surface area contributed by atoms with Gasteiger partial charge in [0.25, 0.3) is 0 Å². The second kappa shape index (κ2) is 3.50. The van der Waals surface area contributed by atoms with E-state index in [1.54, 1.807) is 0 Å². The van der Waals surface area contributed by atoms with Crippen LogP contribution < -0.4 is 9.47 Å². The molecule has 2 rings (SSSR count). The molecule has 1 unspecified atom stereocenters. The summed E-state index contributed by atoms with van der Waals surface area (Å²) in [6.07, 6.45) is -0.232. The van der Waals surface area contributed by atoms with E-state index in [0.717, 1.165) is 22.6 Å². The average molecular weight is 194 g/mol. The molecular weight excluding hydrogens is 180 g/mol. The van der Waals surface area contributed by atoms with Gasteiger partial charge in [0, 0.05) is 0 Å². The molecule has 1 atom stereocenters. The Morgan fingerprint density at radius 1 is 1.43 bits per heavy atom. The standard InChI is InChI=1S/C11H14O3/c1-7-3-8(2)11-10(4-7)13-6-9(5-12)14-11/h3-4,9,12H,5-6H2,1-2H3. The summed E-state index contributed by atoms with van der Waals surface area (Å²) in [6.45, 7) is 4.42. The van der Waals surface area contributed by atoms with Gasteiger partial charge in [-0.2, -0.15) is 0 Å². The molecule has 1 aliphatic heterocycles. The molecule has 0 fully saturated rings. The highest BCUT2D eigenvalue weighted by Crippen LogP contribution is 2.35. The van der Waals surface area contributed by atoms with E-state index in [4.69, 9.17) is 14.6 Å². The van der Waals surface area contributed by atoms with Crippen molar-refractivity contribution in [3.63, 3.8) is 0 Å². The summed E-state index contributed by atoms with van der Waals surface area (Å²) in [5, 5.41) is 8.96. The lowest BCUT2D eigenvalue weighted by Crippen LogP contribution is -2.32. The molecule has 14 heavy (non-hydrogen) atoms. The van der Waals surface area contributed by atoms with E-state index in [2.05, 4.69) is 0 Å². The molecule has 1 N–H and O–H groups in total. The van der Waals surface area contributed by atoms with E-state index in [1.165, 1.54) is 0 Å². The van der Waals surface area contributed by atoms with Crippen LogP contribution in [0.5, 0.6) is 11.5 Å². The van der Waals surface area contributed by atoms with Gasteiger partial charge in [0.1, 0.15) is 6.61 Å². The number of ether oxygens (including phenoxy) is 2. The van der Waals surface area contributed by atoms with Crippen molar-refractivity contribution in [3.05, 3.63) is 23.3 Å². The Morgan fingerprint density at radius 3 is 2.93 bits per heavy atom. The van der Waals surface area contributed by atoms with Crippen molar-refractivity contribution in [2.75, 3.05) is 13.2 Å². The highest BCUT2D eigenvalue weighted by Gasteiger charge is 2.21. The summed E-state index contributed by atoms with van der Waals surface area (Å²) >= 11 is 0. The van der Waals surface area contributed by atoms with Gasteiger partial charge in [-0.1, -0.05) is 6.07 Å². The lowest BCUT2D eigenvalue weighted by Gasteiger charge is -2.26. The summed E-state index contributed by atoms with van der Waals surface area (Å²) < 4.78 is 11.1. The van der Waals surface area contributed by atoms with E-state index in [-0.39, 0.29) is 12.7 Å². The average Bonchev–Trinajstić information content (AvgIpc) is 2.17. The zero-order chi connectivity index (χ0) is 10.1. The third-order valence-electron chi connectivity index (χ3n) is 2.30. The van der Waals surface area contributed by atoms with Crippen molar-refractivity contribution >= 4 is 0 Å². The minimum absolute atomic E-state index is 0.00719. The van der Waals surface area contributed by atoms with Gasteiger partial charge in [-0.15, -0.1) is 0 Å². The first-order valence-corrected chi connectivity index (χ1v) is 4.72. The Morgan fingerprint density at radius 2 is 2.21 bits per heavy atom. The van der Waals surface area contributed by atoms with Crippen LogP contribution in [0, 0.1) is 13.8 Å². The Labute approximate surface area is 83.3 Å². The lowest BCUT2D eigenvalue weighted by molar-refractivity contribution is 0.0449. The molecule has 1 aliphatic rings. The molecule has 3 nitrogen and oxygen atoms in total. The number of rotatable bonds is 1. The Kier molecular flexibility index (Phi) is 2.33. The Balaban J connectivity index is 2.37. The van der Waals surface area contributed by atoms with Crippen LogP contribution in [0.4, 0.5) is 0 Å². The molecule has 0 spiro atoms. The van der Waals surface area contributed by atoms with Crippen LogP contribution in [-0.2, 0) is 0 Å². The normalized spacial score (nSPS) is 19.5. The van der Waals surface area contributed by atoms with E-state index in [1.807, 2.05) is 26.0 Å². The molecule has 0 bridgehead atoms. The predicted octanol–water partition coefficient (Wildman–Crippen LogP) is 1.44. The topological polar surface area (TPSA) is 38.7 Å². The molecule has 0 radical (unpaired) electrons. The van der Waals surface area contributed by atoms with E-state index in [0.29, 0.717) is 6.61 Å². The van der Waals surface area contributed by atoms with Crippen LogP contribution in [0.3, 0.4) is 0 Å². The molecule has 0 aliphatic carbocycles. The number of aryl methyl sites for hydroxylation is 2. The van der Waals surface area contributed by atoms with Gasteiger partial charge >= 0.3 is 0 Å². The van der Waals surface area contributed by atoms with Gasteiger partial charge in [-0.3, -0.25) is 0 Å². The molecule has 0 saturated carbocycles. The summed E-state index contributed by atoms with van der Waals surface area (Å²) in [4.78, 5) is 0. The second-order valence-corrected chi connectivity index (χ2v) is 3.64. The largest absolute Gasteiger partial charge is 0.486 e. The molecule has 0 aromatic heterocycles. The van der Waals surface area contributed by atoms with Crippen LogP contribution in [0.25, 0.3) is 0 Å². The summed E-state index contributed by atoms with van der Waals surface area (Å²) in [5.41, 5.74) is 2.21. The zero-order valence-corrected chi connectivity index (χ0v) is 8.41. The van der Waals surface area contributed by atoms with Crippen LogP contribution >= 0.6 is 0 Å². The fourth-order valence-corrected chi connectivity index (χ4v) is 1.65. The van der Waals surface area contributed by atoms with Crippen LogP contribution in [0.1, 0.15) is 11.1 Å². The number of benzene rings is 1. The monoisotopic (exact) mass is 194 g/mol.